The molecule has 2 rings (SSSR count). The van der Waals surface area contributed by atoms with E-state index in [1.165, 1.54) is 30.4 Å². The van der Waals surface area contributed by atoms with Gasteiger partial charge in [0.1, 0.15) is 0 Å². The minimum Gasteiger partial charge on any atom is -0.271 e. The second-order valence-corrected chi connectivity index (χ2v) is 4.76. The van der Waals surface area contributed by atoms with Crippen LogP contribution in [0.5, 0.6) is 0 Å². The minimum atomic E-state index is 0.321. The molecule has 0 aliphatic heterocycles. The highest BCUT2D eigenvalue weighted by molar-refractivity contribution is 5.34. The summed E-state index contributed by atoms with van der Waals surface area (Å²) in [5, 5.41) is 0. The average Bonchev–Trinajstić information content (AvgIpc) is 2.25. The third-order valence-electron chi connectivity index (χ3n) is 3.69. The van der Waals surface area contributed by atoms with Crippen molar-refractivity contribution in [1.82, 2.24) is 5.43 Å². The zero-order valence-electron chi connectivity index (χ0n) is 10.1. The molecule has 0 bridgehead atoms. The van der Waals surface area contributed by atoms with Crippen LogP contribution in [0.4, 0.5) is 0 Å². The predicted molar refractivity (Wildman–Crippen MR) is 68.0 cm³/mol. The Bertz CT molecular complexity index is 331. The summed E-state index contributed by atoms with van der Waals surface area (Å²) < 4.78 is 0. The molecule has 1 aromatic rings. The fraction of sp³-hybridized carbons (Fsp3) is 0.571. The van der Waals surface area contributed by atoms with Crippen molar-refractivity contribution in [3.05, 3.63) is 35.4 Å². The van der Waals surface area contributed by atoms with Crippen molar-refractivity contribution in [2.75, 3.05) is 0 Å². The molecule has 0 spiro atoms. The second-order valence-electron chi connectivity index (χ2n) is 4.76. The molecule has 0 heterocycles. The third kappa shape index (κ3) is 2.28. The maximum atomic E-state index is 5.67. The number of rotatable bonds is 5. The van der Waals surface area contributed by atoms with Crippen molar-refractivity contribution in [2.24, 2.45) is 5.84 Å². The molecular formula is C14H22N2. The topological polar surface area (TPSA) is 38.0 Å². The second kappa shape index (κ2) is 5.46. The van der Waals surface area contributed by atoms with Gasteiger partial charge in [-0.05, 0) is 36.3 Å². The van der Waals surface area contributed by atoms with Gasteiger partial charge in [-0.2, -0.15) is 0 Å². The van der Waals surface area contributed by atoms with Gasteiger partial charge in [-0.1, -0.05) is 44.0 Å². The lowest BCUT2D eigenvalue weighted by molar-refractivity contribution is 0.408. The molecule has 1 saturated carbocycles. The van der Waals surface area contributed by atoms with Gasteiger partial charge in [0.2, 0.25) is 0 Å². The molecule has 3 N–H and O–H groups in total. The first-order valence-corrected chi connectivity index (χ1v) is 6.41. The summed E-state index contributed by atoms with van der Waals surface area (Å²) >= 11 is 0. The van der Waals surface area contributed by atoms with Crippen LogP contribution in [0.25, 0.3) is 0 Å². The number of hydrogen-bond donors (Lipinski definition) is 2. The van der Waals surface area contributed by atoms with Crippen LogP contribution < -0.4 is 11.3 Å². The molecule has 0 radical (unpaired) electrons. The summed E-state index contributed by atoms with van der Waals surface area (Å²) in [5.41, 5.74) is 5.89. The highest BCUT2D eigenvalue weighted by Gasteiger charge is 2.24. The normalized spacial score (nSPS) is 18.1. The summed E-state index contributed by atoms with van der Waals surface area (Å²) in [6.45, 7) is 2.20. The van der Waals surface area contributed by atoms with E-state index in [2.05, 4.69) is 36.6 Å². The number of nitrogens with one attached hydrogen (secondary N) is 1. The summed E-state index contributed by atoms with van der Waals surface area (Å²) in [6.07, 6.45) is 6.35. The van der Waals surface area contributed by atoms with Gasteiger partial charge in [-0.3, -0.25) is 11.3 Å². The van der Waals surface area contributed by atoms with E-state index < -0.39 is 0 Å². The van der Waals surface area contributed by atoms with Gasteiger partial charge >= 0.3 is 0 Å². The Morgan fingerprint density at radius 2 is 2.12 bits per heavy atom. The number of nitrogens with two attached hydrogens (primary N) is 1. The van der Waals surface area contributed by atoms with Crippen LogP contribution in [0.15, 0.2) is 24.3 Å². The maximum Gasteiger partial charge on any atom is 0.0462 e. The summed E-state index contributed by atoms with van der Waals surface area (Å²) in [4.78, 5) is 0. The largest absolute Gasteiger partial charge is 0.271 e. The van der Waals surface area contributed by atoms with Gasteiger partial charge in [0, 0.05) is 6.04 Å². The van der Waals surface area contributed by atoms with Crippen molar-refractivity contribution in [3.63, 3.8) is 0 Å². The molecule has 88 valence electrons. The molecule has 1 aromatic carbocycles. The van der Waals surface area contributed by atoms with Crippen molar-refractivity contribution >= 4 is 0 Å². The van der Waals surface area contributed by atoms with Crippen LogP contribution in [-0.2, 0) is 0 Å². The molecule has 1 fully saturated rings. The van der Waals surface area contributed by atoms with Crippen molar-refractivity contribution in [3.8, 4) is 0 Å². The maximum absolute atomic E-state index is 5.67. The van der Waals surface area contributed by atoms with Gasteiger partial charge in [-0.25, -0.2) is 0 Å². The van der Waals surface area contributed by atoms with Crippen LogP contribution in [0, 0.1) is 0 Å². The Hall–Kier alpha value is -0.860. The molecule has 16 heavy (non-hydrogen) atoms. The predicted octanol–water partition coefficient (Wildman–Crippen LogP) is 3.26. The third-order valence-corrected chi connectivity index (χ3v) is 3.69. The summed E-state index contributed by atoms with van der Waals surface area (Å²) in [6, 6.07) is 9.10. The van der Waals surface area contributed by atoms with E-state index in [1.807, 2.05) is 0 Å². The zero-order chi connectivity index (χ0) is 11.4. The first-order valence-electron chi connectivity index (χ1n) is 6.41. The highest BCUT2D eigenvalue weighted by atomic mass is 15.2. The van der Waals surface area contributed by atoms with Crippen LogP contribution in [0.2, 0.25) is 0 Å². The molecule has 1 aliphatic carbocycles. The first-order chi connectivity index (χ1) is 7.86. The van der Waals surface area contributed by atoms with Crippen molar-refractivity contribution < 1.29 is 0 Å². The molecular weight excluding hydrogens is 196 g/mol. The van der Waals surface area contributed by atoms with E-state index in [4.69, 9.17) is 5.84 Å². The Morgan fingerprint density at radius 1 is 1.38 bits per heavy atom. The monoisotopic (exact) mass is 218 g/mol. The Balaban J connectivity index is 2.23. The Labute approximate surface area is 98.2 Å². The SMILES string of the molecule is CCCC(NN)c1ccccc1C1CCC1. The zero-order valence-corrected chi connectivity index (χ0v) is 10.1. The molecule has 1 aliphatic rings. The lowest BCUT2D eigenvalue weighted by Crippen LogP contribution is -2.29. The summed E-state index contributed by atoms with van der Waals surface area (Å²) in [5.74, 6) is 6.45. The molecule has 2 nitrogen and oxygen atoms in total. The van der Waals surface area contributed by atoms with Crippen LogP contribution >= 0.6 is 0 Å². The van der Waals surface area contributed by atoms with E-state index in [-0.39, 0.29) is 0 Å². The van der Waals surface area contributed by atoms with E-state index in [0.717, 1.165) is 18.8 Å². The van der Waals surface area contributed by atoms with Crippen molar-refractivity contribution in [1.29, 1.82) is 0 Å². The fourth-order valence-corrected chi connectivity index (χ4v) is 2.54. The molecule has 1 unspecified atom stereocenters. The number of benzene rings is 1. The lowest BCUT2D eigenvalue weighted by atomic mass is 9.77. The molecule has 0 aromatic heterocycles. The number of hydrazine groups is 1. The Morgan fingerprint density at radius 3 is 2.69 bits per heavy atom. The smallest absolute Gasteiger partial charge is 0.0462 e. The highest BCUT2D eigenvalue weighted by Crippen LogP contribution is 2.39. The molecule has 0 saturated heterocycles. The van der Waals surface area contributed by atoms with Crippen LogP contribution in [0.1, 0.15) is 62.1 Å². The fourth-order valence-electron chi connectivity index (χ4n) is 2.54. The van der Waals surface area contributed by atoms with Gasteiger partial charge in [-0.15, -0.1) is 0 Å². The molecule has 0 amide bonds. The van der Waals surface area contributed by atoms with Crippen LogP contribution in [0.3, 0.4) is 0 Å². The van der Waals surface area contributed by atoms with Gasteiger partial charge in [0.25, 0.3) is 0 Å². The standard InChI is InChI=1S/C14H22N2/c1-2-6-14(16-15)13-10-4-3-9-12(13)11-7-5-8-11/h3-4,9-11,14,16H,2,5-8,15H2,1H3. The van der Waals surface area contributed by atoms with E-state index in [9.17, 15) is 0 Å². The van der Waals surface area contributed by atoms with Gasteiger partial charge in [0.05, 0.1) is 0 Å². The van der Waals surface area contributed by atoms with Gasteiger partial charge in [0.15, 0.2) is 0 Å². The number of hydrogen-bond acceptors (Lipinski definition) is 2. The first kappa shape index (κ1) is 11.6. The quantitative estimate of drug-likeness (QED) is 0.588. The Kier molecular flexibility index (Phi) is 3.97. The van der Waals surface area contributed by atoms with Crippen LogP contribution in [-0.4, -0.2) is 0 Å². The van der Waals surface area contributed by atoms with Gasteiger partial charge < -0.3 is 0 Å². The van der Waals surface area contributed by atoms with E-state index in [0.29, 0.717) is 6.04 Å². The van der Waals surface area contributed by atoms with Crippen molar-refractivity contribution in [2.45, 2.75) is 51.0 Å². The minimum absolute atomic E-state index is 0.321. The average molecular weight is 218 g/mol. The van der Waals surface area contributed by atoms with E-state index in [1.54, 1.807) is 0 Å². The lowest BCUT2D eigenvalue weighted by Gasteiger charge is -2.30. The molecule has 2 heteroatoms. The van der Waals surface area contributed by atoms with E-state index >= 15 is 0 Å². The molecule has 1 atom stereocenters. The summed E-state index contributed by atoms with van der Waals surface area (Å²) in [7, 11) is 0.